The number of benzene rings is 2. The second kappa shape index (κ2) is 9.57. The van der Waals surface area contributed by atoms with Crippen molar-refractivity contribution in [3.63, 3.8) is 0 Å². The average Bonchev–Trinajstić information content (AvgIpc) is 2.90. The van der Waals surface area contributed by atoms with E-state index in [1.165, 1.54) is 32.2 Å². The highest BCUT2D eigenvalue weighted by atomic mass is 16.7. The Kier molecular flexibility index (Phi) is 6.64. The first-order valence-corrected chi connectivity index (χ1v) is 12.5. The Morgan fingerprint density at radius 1 is 1.15 bits per heavy atom. The van der Waals surface area contributed by atoms with E-state index < -0.39 is 70.4 Å². The number of oxime groups is 1. The van der Waals surface area contributed by atoms with E-state index in [1.54, 1.807) is 6.92 Å². The van der Waals surface area contributed by atoms with E-state index in [1.807, 2.05) is 0 Å². The molecule has 12 heteroatoms. The Balaban J connectivity index is 1.69. The molecular formula is C27H30N2O10. The summed E-state index contributed by atoms with van der Waals surface area (Å²) >= 11 is 0. The van der Waals surface area contributed by atoms with Crippen LogP contribution in [0.1, 0.15) is 75.8 Å². The molecule has 2 aromatic carbocycles. The number of ether oxygens (including phenoxy) is 3. The van der Waals surface area contributed by atoms with E-state index in [4.69, 9.17) is 19.9 Å². The summed E-state index contributed by atoms with van der Waals surface area (Å²) in [6, 6.07) is 3.77. The molecule has 0 aromatic heterocycles. The van der Waals surface area contributed by atoms with E-state index in [-0.39, 0.29) is 53.0 Å². The Morgan fingerprint density at radius 3 is 2.49 bits per heavy atom. The second-order valence-corrected chi connectivity index (χ2v) is 10.3. The summed E-state index contributed by atoms with van der Waals surface area (Å²) in [5, 5.41) is 57.1. The van der Waals surface area contributed by atoms with Crippen LogP contribution >= 0.6 is 0 Å². The lowest BCUT2D eigenvalue weighted by atomic mass is 9.72. The van der Waals surface area contributed by atoms with Gasteiger partial charge in [-0.15, -0.1) is 0 Å². The third-order valence-corrected chi connectivity index (χ3v) is 7.97. The van der Waals surface area contributed by atoms with Crippen LogP contribution < -0.4 is 10.5 Å². The van der Waals surface area contributed by atoms with Crippen LogP contribution in [0.25, 0.3) is 0 Å². The molecule has 1 heterocycles. The van der Waals surface area contributed by atoms with Crippen LogP contribution in [0.15, 0.2) is 23.4 Å². The molecule has 0 saturated carbocycles. The molecule has 1 saturated heterocycles. The van der Waals surface area contributed by atoms with E-state index in [2.05, 4.69) is 5.16 Å². The van der Waals surface area contributed by atoms with E-state index in [9.17, 15) is 35.2 Å². The third kappa shape index (κ3) is 4.07. The standard InChI is InChI=1S/C27H30N2O10/c1-10-22(30)14(28)7-17(38-10)39-16-9-27(35,11(2)29-36)8-13-19(16)26(34)21-20(24(13)32)23(31)12-5-4-6-15(37-3)18(12)25(21)33/h4-6,10,14,16-17,22,30,32,34-36H,7-9,28H2,1-3H3/b29-11+. The van der Waals surface area contributed by atoms with Gasteiger partial charge >= 0.3 is 0 Å². The summed E-state index contributed by atoms with van der Waals surface area (Å²) in [7, 11) is 1.34. The number of nitrogens with zero attached hydrogens (tertiary/aromatic N) is 1. The van der Waals surface area contributed by atoms with Crippen LogP contribution in [0.5, 0.6) is 17.2 Å². The van der Waals surface area contributed by atoms with Gasteiger partial charge in [0.1, 0.15) is 22.8 Å². The summed E-state index contributed by atoms with van der Waals surface area (Å²) in [6.45, 7) is 2.99. The average molecular weight is 543 g/mol. The largest absolute Gasteiger partial charge is 0.507 e. The number of aromatic hydroxyl groups is 2. The van der Waals surface area contributed by atoms with Crippen LogP contribution in [0.4, 0.5) is 0 Å². The van der Waals surface area contributed by atoms with Crippen molar-refractivity contribution in [1.29, 1.82) is 0 Å². The van der Waals surface area contributed by atoms with Gasteiger partial charge in [-0.1, -0.05) is 17.3 Å². The summed E-state index contributed by atoms with van der Waals surface area (Å²) in [4.78, 5) is 27.2. The van der Waals surface area contributed by atoms with Gasteiger partial charge in [0.05, 0.1) is 47.8 Å². The maximum Gasteiger partial charge on any atom is 0.202 e. The Morgan fingerprint density at radius 2 is 1.85 bits per heavy atom. The molecule has 7 N–H and O–H groups in total. The molecule has 39 heavy (non-hydrogen) atoms. The zero-order chi connectivity index (χ0) is 28.4. The van der Waals surface area contributed by atoms with Crippen molar-refractivity contribution in [1.82, 2.24) is 0 Å². The fourth-order valence-corrected chi connectivity index (χ4v) is 5.76. The molecular weight excluding hydrogens is 512 g/mol. The number of aliphatic hydroxyl groups excluding tert-OH is 1. The van der Waals surface area contributed by atoms with Gasteiger partial charge in [-0.25, -0.2) is 0 Å². The number of hydrogen-bond donors (Lipinski definition) is 6. The molecule has 6 unspecified atom stereocenters. The minimum absolute atomic E-state index is 0.00869. The lowest BCUT2D eigenvalue weighted by molar-refractivity contribution is -0.245. The van der Waals surface area contributed by atoms with Crippen LogP contribution in [-0.4, -0.2) is 80.2 Å². The van der Waals surface area contributed by atoms with Gasteiger partial charge in [-0.3, -0.25) is 9.59 Å². The topological polar surface area (TPSA) is 201 Å². The lowest BCUT2D eigenvalue weighted by Gasteiger charge is -2.42. The number of rotatable bonds is 4. The SMILES string of the molecule is COc1cccc2c1C(=O)c1c(O)c3c(c(O)c1C2=O)CC(O)(/C(C)=N/O)CC3OC1CC(N)C(O)C(C)O1. The van der Waals surface area contributed by atoms with Gasteiger partial charge in [-0.2, -0.15) is 0 Å². The molecule has 0 amide bonds. The molecule has 208 valence electrons. The van der Waals surface area contributed by atoms with E-state index in [0.717, 1.165) is 0 Å². The van der Waals surface area contributed by atoms with Crippen LogP contribution in [0.3, 0.4) is 0 Å². The molecule has 3 aliphatic rings. The highest BCUT2D eigenvalue weighted by Gasteiger charge is 2.49. The van der Waals surface area contributed by atoms with Gasteiger partial charge in [-0.05, 0) is 19.9 Å². The first-order chi connectivity index (χ1) is 18.4. The lowest BCUT2D eigenvalue weighted by Crippen LogP contribution is -2.52. The summed E-state index contributed by atoms with van der Waals surface area (Å²) in [5.74, 6) is -2.51. The maximum atomic E-state index is 13.7. The quantitative estimate of drug-likeness (QED) is 0.120. The molecule has 1 fully saturated rings. The predicted molar refractivity (Wildman–Crippen MR) is 135 cm³/mol. The summed E-state index contributed by atoms with van der Waals surface area (Å²) < 4.78 is 17.2. The Hall–Kier alpha value is -3.55. The number of carbonyl (C=O) groups excluding carboxylic acids is 2. The van der Waals surface area contributed by atoms with Gasteiger partial charge in [0.2, 0.25) is 5.78 Å². The number of hydrogen-bond acceptors (Lipinski definition) is 12. The zero-order valence-corrected chi connectivity index (χ0v) is 21.5. The fraction of sp³-hybridized carbons (Fsp3) is 0.444. The Labute approximate surface area is 223 Å². The van der Waals surface area contributed by atoms with Crippen molar-refractivity contribution in [3.05, 3.63) is 51.6 Å². The van der Waals surface area contributed by atoms with Crippen molar-refractivity contribution < 1.29 is 49.4 Å². The number of fused-ring (bicyclic) bond motifs is 3. The highest BCUT2D eigenvalue weighted by molar-refractivity contribution is 6.31. The zero-order valence-electron chi connectivity index (χ0n) is 21.5. The number of carbonyl (C=O) groups is 2. The van der Waals surface area contributed by atoms with Crippen molar-refractivity contribution in [2.24, 2.45) is 10.9 Å². The molecule has 12 nitrogen and oxygen atoms in total. The van der Waals surface area contributed by atoms with Crippen molar-refractivity contribution in [2.45, 2.75) is 69.4 Å². The number of aliphatic hydroxyl groups is 2. The highest BCUT2D eigenvalue weighted by Crippen LogP contribution is 2.52. The summed E-state index contributed by atoms with van der Waals surface area (Å²) in [6.07, 6.45) is -4.34. The van der Waals surface area contributed by atoms with Crippen LogP contribution in [-0.2, 0) is 15.9 Å². The molecule has 0 radical (unpaired) electrons. The molecule has 6 atom stereocenters. The molecule has 2 aromatic rings. The maximum absolute atomic E-state index is 13.7. The smallest absolute Gasteiger partial charge is 0.202 e. The molecule has 0 bridgehead atoms. The van der Waals surface area contributed by atoms with Crippen LogP contribution in [0, 0.1) is 0 Å². The number of nitrogens with two attached hydrogens (primary N) is 1. The molecule has 0 spiro atoms. The number of ketones is 2. The van der Waals surface area contributed by atoms with Crippen LogP contribution in [0.2, 0.25) is 0 Å². The first-order valence-electron chi connectivity index (χ1n) is 12.5. The monoisotopic (exact) mass is 542 g/mol. The molecule has 2 aliphatic carbocycles. The number of phenolic OH excluding ortho intramolecular Hbond substituents is 2. The van der Waals surface area contributed by atoms with Crippen molar-refractivity contribution >= 4 is 17.3 Å². The fourth-order valence-electron chi connectivity index (χ4n) is 5.76. The minimum Gasteiger partial charge on any atom is -0.507 e. The van der Waals surface area contributed by atoms with Crippen molar-refractivity contribution in [2.75, 3.05) is 7.11 Å². The van der Waals surface area contributed by atoms with E-state index >= 15 is 0 Å². The Bertz CT molecular complexity index is 1390. The predicted octanol–water partition coefficient (Wildman–Crippen LogP) is 1.29. The summed E-state index contributed by atoms with van der Waals surface area (Å²) in [5.41, 5.74) is 3.14. The molecule has 1 aliphatic heterocycles. The van der Waals surface area contributed by atoms with Gasteiger partial charge in [0.25, 0.3) is 0 Å². The van der Waals surface area contributed by atoms with Crippen molar-refractivity contribution in [3.8, 4) is 17.2 Å². The van der Waals surface area contributed by atoms with Gasteiger partial charge < -0.3 is 45.6 Å². The first kappa shape index (κ1) is 27.0. The second-order valence-electron chi connectivity index (χ2n) is 10.3. The minimum atomic E-state index is -1.85. The van der Waals surface area contributed by atoms with E-state index in [0.29, 0.717) is 0 Å². The third-order valence-electron chi connectivity index (χ3n) is 7.97. The number of methoxy groups -OCH3 is 1. The normalized spacial score (nSPS) is 30.4. The van der Waals surface area contributed by atoms with Gasteiger partial charge in [0, 0.05) is 42.0 Å². The van der Waals surface area contributed by atoms with Gasteiger partial charge in [0.15, 0.2) is 12.1 Å². The molecule has 5 rings (SSSR count). The number of phenols is 2.